The maximum Gasteiger partial charge on any atom is 0.0329 e. The maximum atomic E-state index is 5.25. The second-order valence-electron chi connectivity index (χ2n) is 5.98. The molecule has 0 bridgehead atoms. The van der Waals surface area contributed by atoms with E-state index in [0.717, 1.165) is 11.8 Å². The maximum absolute atomic E-state index is 5.25. The van der Waals surface area contributed by atoms with E-state index in [4.69, 9.17) is 6.42 Å². The molecule has 92 valence electrons. The van der Waals surface area contributed by atoms with Gasteiger partial charge in [-0.25, -0.2) is 0 Å². The standard InChI is InChI=1S/C16H23N/c1-5-7-8-15(6-2)17-11-16(12-17)9-14(10-16)13(3)4/h1,6-8,13-14H,9-12H2,2-4H3/b8-7-,15-6+. The molecule has 1 saturated carbocycles. The molecule has 2 rings (SSSR count). The number of terminal acetylenes is 1. The molecule has 1 saturated heterocycles. The first-order valence-electron chi connectivity index (χ1n) is 6.64. The minimum absolute atomic E-state index is 0.646. The van der Waals surface area contributed by atoms with Gasteiger partial charge in [-0.3, -0.25) is 0 Å². The fraction of sp³-hybridized carbons (Fsp3) is 0.625. The van der Waals surface area contributed by atoms with Crippen LogP contribution < -0.4 is 0 Å². The van der Waals surface area contributed by atoms with Crippen molar-refractivity contribution in [1.82, 2.24) is 4.90 Å². The molecule has 2 aliphatic rings. The molecule has 1 aliphatic heterocycles. The minimum atomic E-state index is 0.646. The molecule has 0 N–H and O–H groups in total. The normalized spacial score (nSPS) is 23.9. The van der Waals surface area contributed by atoms with Gasteiger partial charge in [-0.1, -0.05) is 25.8 Å². The highest BCUT2D eigenvalue weighted by Crippen LogP contribution is 2.55. The fourth-order valence-electron chi connectivity index (χ4n) is 3.25. The Labute approximate surface area is 106 Å². The molecular formula is C16H23N. The van der Waals surface area contributed by atoms with Crippen LogP contribution in [0.25, 0.3) is 0 Å². The summed E-state index contributed by atoms with van der Waals surface area (Å²) in [6.07, 6.45) is 14.1. The van der Waals surface area contributed by atoms with Gasteiger partial charge in [0.25, 0.3) is 0 Å². The van der Waals surface area contributed by atoms with Crippen LogP contribution in [0.3, 0.4) is 0 Å². The van der Waals surface area contributed by atoms with Gasteiger partial charge < -0.3 is 4.90 Å². The van der Waals surface area contributed by atoms with Crippen LogP contribution in [0.15, 0.2) is 23.9 Å². The summed E-state index contributed by atoms with van der Waals surface area (Å²) >= 11 is 0. The van der Waals surface area contributed by atoms with Crippen molar-refractivity contribution in [2.45, 2.75) is 33.6 Å². The summed E-state index contributed by atoms with van der Waals surface area (Å²) < 4.78 is 0. The fourth-order valence-corrected chi connectivity index (χ4v) is 3.25. The highest BCUT2D eigenvalue weighted by molar-refractivity contribution is 5.26. The van der Waals surface area contributed by atoms with Crippen LogP contribution in [0.5, 0.6) is 0 Å². The largest absolute Gasteiger partial charge is 0.371 e. The Morgan fingerprint density at radius 3 is 2.53 bits per heavy atom. The van der Waals surface area contributed by atoms with Gasteiger partial charge in [0, 0.05) is 24.2 Å². The van der Waals surface area contributed by atoms with Crippen molar-refractivity contribution < 1.29 is 0 Å². The molecule has 0 atom stereocenters. The van der Waals surface area contributed by atoms with Crippen molar-refractivity contribution in [1.29, 1.82) is 0 Å². The molecule has 1 heteroatoms. The van der Waals surface area contributed by atoms with Gasteiger partial charge in [-0.05, 0) is 43.8 Å². The number of likely N-dealkylation sites (tertiary alicyclic amines) is 1. The molecule has 0 unspecified atom stereocenters. The molecule has 1 aliphatic carbocycles. The van der Waals surface area contributed by atoms with Gasteiger partial charge in [-0.2, -0.15) is 0 Å². The molecule has 1 nitrogen and oxygen atoms in total. The van der Waals surface area contributed by atoms with Crippen LogP contribution in [0, 0.1) is 29.6 Å². The third-order valence-electron chi connectivity index (χ3n) is 4.40. The lowest BCUT2D eigenvalue weighted by Gasteiger charge is -2.61. The van der Waals surface area contributed by atoms with Gasteiger partial charge >= 0.3 is 0 Å². The number of rotatable bonds is 3. The zero-order valence-electron chi connectivity index (χ0n) is 11.2. The Morgan fingerprint density at radius 2 is 2.06 bits per heavy atom. The lowest BCUT2D eigenvalue weighted by molar-refractivity contribution is -0.0885. The predicted molar refractivity (Wildman–Crippen MR) is 73.3 cm³/mol. The van der Waals surface area contributed by atoms with Crippen LogP contribution in [-0.4, -0.2) is 18.0 Å². The molecule has 0 aromatic rings. The van der Waals surface area contributed by atoms with Gasteiger partial charge in [0.1, 0.15) is 0 Å². The first-order valence-corrected chi connectivity index (χ1v) is 6.64. The van der Waals surface area contributed by atoms with Crippen LogP contribution >= 0.6 is 0 Å². The van der Waals surface area contributed by atoms with Crippen molar-refractivity contribution in [3.8, 4) is 12.3 Å². The van der Waals surface area contributed by atoms with E-state index in [9.17, 15) is 0 Å². The van der Waals surface area contributed by atoms with E-state index >= 15 is 0 Å². The second kappa shape index (κ2) is 4.61. The summed E-state index contributed by atoms with van der Waals surface area (Å²) in [5.41, 5.74) is 1.93. The Balaban J connectivity index is 1.84. The van der Waals surface area contributed by atoms with Gasteiger partial charge in [0.05, 0.1) is 0 Å². The molecular weight excluding hydrogens is 206 g/mol. The van der Waals surface area contributed by atoms with Crippen molar-refractivity contribution in [3.05, 3.63) is 23.9 Å². The zero-order valence-corrected chi connectivity index (χ0v) is 11.2. The number of nitrogens with zero attached hydrogens (tertiary/aromatic N) is 1. The number of allylic oxidation sites excluding steroid dienone is 3. The monoisotopic (exact) mass is 229 g/mol. The van der Waals surface area contributed by atoms with Crippen LogP contribution in [0.2, 0.25) is 0 Å². The molecule has 0 amide bonds. The summed E-state index contributed by atoms with van der Waals surface area (Å²) in [5, 5.41) is 0. The van der Waals surface area contributed by atoms with E-state index < -0.39 is 0 Å². The lowest BCUT2D eigenvalue weighted by Crippen LogP contribution is -2.62. The van der Waals surface area contributed by atoms with Gasteiger partial charge in [0.15, 0.2) is 0 Å². The van der Waals surface area contributed by atoms with Crippen LogP contribution in [0.4, 0.5) is 0 Å². The molecule has 1 heterocycles. The Hall–Kier alpha value is -1.16. The number of hydrogen-bond donors (Lipinski definition) is 0. The highest BCUT2D eigenvalue weighted by atomic mass is 15.2. The van der Waals surface area contributed by atoms with Crippen LogP contribution in [-0.2, 0) is 0 Å². The Bertz CT molecular complexity index is 367. The minimum Gasteiger partial charge on any atom is -0.371 e. The Morgan fingerprint density at radius 1 is 1.41 bits per heavy atom. The van der Waals surface area contributed by atoms with E-state index in [1.54, 1.807) is 6.08 Å². The van der Waals surface area contributed by atoms with E-state index in [2.05, 4.69) is 37.7 Å². The average Bonchev–Trinajstić information content (AvgIpc) is 2.17. The van der Waals surface area contributed by atoms with Gasteiger partial charge in [0.2, 0.25) is 0 Å². The third-order valence-corrected chi connectivity index (χ3v) is 4.40. The molecule has 0 aromatic carbocycles. The van der Waals surface area contributed by atoms with Crippen molar-refractivity contribution >= 4 is 0 Å². The SMILES string of the molecule is C#C/C=C\C(=C/C)N1CC2(CC(C(C)C)C2)C1. The molecule has 17 heavy (non-hydrogen) atoms. The first-order chi connectivity index (χ1) is 8.10. The summed E-state index contributed by atoms with van der Waals surface area (Å²) in [6, 6.07) is 0. The van der Waals surface area contributed by atoms with E-state index in [1.807, 2.05) is 6.08 Å². The van der Waals surface area contributed by atoms with Crippen molar-refractivity contribution in [2.75, 3.05) is 13.1 Å². The third kappa shape index (κ3) is 2.27. The number of hydrogen-bond acceptors (Lipinski definition) is 1. The molecule has 1 spiro atoms. The first kappa shape index (κ1) is 12.3. The van der Waals surface area contributed by atoms with E-state index in [0.29, 0.717) is 5.41 Å². The van der Waals surface area contributed by atoms with Crippen molar-refractivity contribution in [2.24, 2.45) is 17.3 Å². The molecule has 0 aromatic heterocycles. The lowest BCUT2D eigenvalue weighted by atomic mass is 9.55. The van der Waals surface area contributed by atoms with Crippen LogP contribution in [0.1, 0.15) is 33.6 Å². The summed E-state index contributed by atoms with van der Waals surface area (Å²) in [7, 11) is 0. The van der Waals surface area contributed by atoms with E-state index in [-0.39, 0.29) is 0 Å². The van der Waals surface area contributed by atoms with E-state index in [1.165, 1.54) is 31.6 Å². The zero-order chi connectivity index (χ0) is 12.5. The summed E-state index contributed by atoms with van der Waals surface area (Å²) in [4.78, 5) is 2.45. The quantitative estimate of drug-likeness (QED) is 0.529. The predicted octanol–water partition coefficient (Wildman–Crippen LogP) is 3.45. The molecule has 2 fully saturated rings. The average molecular weight is 229 g/mol. The Kier molecular flexibility index (Phi) is 3.33. The topological polar surface area (TPSA) is 3.24 Å². The smallest absolute Gasteiger partial charge is 0.0329 e. The van der Waals surface area contributed by atoms with Crippen molar-refractivity contribution in [3.63, 3.8) is 0 Å². The summed E-state index contributed by atoms with van der Waals surface area (Å²) in [5.74, 6) is 4.38. The second-order valence-corrected chi connectivity index (χ2v) is 5.98. The van der Waals surface area contributed by atoms with Gasteiger partial charge in [-0.15, -0.1) is 6.42 Å². The molecule has 0 radical (unpaired) electrons. The summed E-state index contributed by atoms with van der Waals surface area (Å²) in [6.45, 7) is 9.23. The highest BCUT2D eigenvalue weighted by Gasteiger charge is 2.52.